The summed E-state index contributed by atoms with van der Waals surface area (Å²) < 4.78 is 5.86. The standard InChI is InChI=1S/C13H17BrO/c14-9-12(10-15-13-7-4-8-13)11-5-2-1-3-6-11/h1-3,5-6,12-13H,4,7-10H2. The molecule has 0 heterocycles. The molecule has 1 aliphatic carbocycles. The molecule has 0 aliphatic heterocycles. The van der Waals surface area contributed by atoms with E-state index in [2.05, 4.69) is 46.3 Å². The lowest BCUT2D eigenvalue weighted by molar-refractivity contribution is -0.00262. The van der Waals surface area contributed by atoms with E-state index in [4.69, 9.17) is 4.74 Å². The van der Waals surface area contributed by atoms with Gasteiger partial charge in [0.1, 0.15) is 0 Å². The van der Waals surface area contributed by atoms with Crippen LogP contribution in [0.15, 0.2) is 30.3 Å². The highest BCUT2D eigenvalue weighted by Crippen LogP contribution is 2.25. The van der Waals surface area contributed by atoms with E-state index in [9.17, 15) is 0 Å². The fraction of sp³-hybridized carbons (Fsp3) is 0.538. The quantitative estimate of drug-likeness (QED) is 0.740. The van der Waals surface area contributed by atoms with Crippen molar-refractivity contribution in [3.05, 3.63) is 35.9 Å². The molecular weight excluding hydrogens is 252 g/mol. The molecular formula is C13H17BrO. The third-order valence-corrected chi connectivity index (χ3v) is 3.82. The second kappa shape index (κ2) is 5.66. The van der Waals surface area contributed by atoms with Gasteiger partial charge in [-0.05, 0) is 24.8 Å². The van der Waals surface area contributed by atoms with E-state index in [0.717, 1.165) is 11.9 Å². The van der Waals surface area contributed by atoms with E-state index in [1.165, 1.54) is 24.8 Å². The SMILES string of the molecule is BrCC(COC1CCC1)c1ccccc1. The van der Waals surface area contributed by atoms with Crippen molar-refractivity contribution in [2.24, 2.45) is 0 Å². The van der Waals surface area contributed by atoms with Crippen LogP contribution in [0.25, 0.3) is 0 Å². The smallest absolute Gasteiger partial charge is 0.0575 e. The van der Waals surface area contributed by atoms with Crippen LogP contribution in [0.1, 0.15) is 30.7 Å². The molecule has 0 radical (unpaired) electrons. The van der Waals surface area contributed by atoms with Crippen LogP contribution in [-0.4, -0.2) is 18.0 Å². The van der Waals surface area contributed by atoms with E-state index < -0.39 is 0 Å². The lowest BCUT2D eigenvalue weighted by Crippen LogP contribution is -2.24. The Morgan fingerprint density at radius 2 is 2.00 bits per heavy atom. The molecule has 2 rings (SSSR count). The van der Waals surface area contributed by atoms with Crippen LogP contribution >= 0.6 is 15.9 Å². The van der Waals surface area contributed by atoms with E-state index in [0.29, 0.717) is 12.0 Å². The van der Waals surface area contributed by atoms with Gasteiger partial charge in [-0.25, -0.2) is 0 Å². The molecule has 1 nitrogen and oxygen atoms in total. The molecule has 1 saturated carbocycles. The predicted octanol–water partition coefficient (Wildman–Crippen LogP) is 3.73. The fourth-order valence-electron chi connectivity index (χ4n) is 1.74. The first-order chi connectivity index (χ1) is 7.40. The van der Waals surface area contributed by atoms with Gasteiger partial charge in [0.05, 0.1) is 12.7 Å². The first-order valence-corrected chi connectivity index (χ1v) is 6.75. The maximum absolute atomic E-state index is 5.86. The number of hydrogen-bond acceptors (Lipinski definition) is 1. The molecule has 1 atom stereocenters. The molecule has 0 bridgehead atoms. The van der Waals surface area contributed by atoms with Gasteiger partial charge in [0.2, 0.25) is 0 Å². The van der Waals surface area contributed by atoms with Crippen LogP contribution < -0.4 is 0 Å². The molecule has 0 spiro atoms. The van der Waals surface area contributed by atoms with Crippen LogP contribution in [-0.2, 0) is 4.74 Å². The summed E-state index contributed by atoms with van der Waals surface area (Å²) >= 11 is 3.56. The average molecular weight is 269 g/mol. The number of benzene rings is 1. The summed E-state index contributed by atoms with van der Waals surface area (Å²) in [5.74, 6) is 0.492. The van der Waals surface area contributed by atoms with E-state index in [1.54, 1.807) is 0 Å². The molecule has 1 aliphatic rings. The van der Waals surface area contributed by atoms with Crippen molar-refractivity contribution in [1.82, 2.24) is 0 Å². The van der Waals surface area contributed by atoms with Crippen molar-refractivity contribution in [3.63, 3.8) is 0 Å². The largest absolute Gasteiger partial charge is 0.378 e. The lowest BCUT2D eigenvalue weighted by Gasteiger charge is -2.27. The molecule has 1 aromatic rings. The maximum Gasteiger partial charge on any atom is 0.0575 e. The zero-order valence-corrected chi connectivity index (χ0v) is 10.4. The number of alkyl halides is 1. The predicted molar refractivity (Wildman–Crippen MR) is 66.6 cm³/mol. The van der Waals surface area contributed by atoms with E-state index in [-0.39, 0.29) is 0 Å². The first kappa shape index (κ1) is 11.2. The van der Waals surface area contributed by atoms with Crippen LogP contribution in [0.2, 0.25) is 0 Å². The Balaban J connectivity index is 1.86. The number of rotatable bonds is 5. The Labute approximate surface area is 100.0 Å². The zero-order chi connectivity index (χ0) is 10.5. The van der Waals surface area contributed by atoms with Crippen molar-refractivity contribution in [2.45, 2.75) is 31.3 Å². The number of ether oxygens (including phenoxy) is 1. The molecule has 1 aromatic carbocycles. The third kappa shape index (κ3) is 3.05. The van der Waals surface area contributed by atoms with Crippen LogP contribution in [0.5, 0.6) is 0 Å². The third-order valence-electron chi connectivity index (χ3n) is 3.04. The second-order valence-electron chi connectivity index (χ2n) is 4.15. The summed E-state index contributed by atoms with van der Waals surface area (Å²) in [6.07, 6.45) is 4.39. The van der Waals surface area contributed by atoms with Gasteiger partial charge in [-0.2, -0.15) is 0 Å². The fourth-order valence-corrected chi connectivity index (χ4v) is 2.31. The van der Waals surface area contributed by atoms with Gasteiger partial charge >= 0.3 is 0 Å². The van der Waals surface area contributed by atoms with Gasteiger partial charge in [-0.3, -0.25) is 0 Å². The highest BCUT2D eigenvalue weighted by Gasteiger charge is 2.20. The van der Waals surface area contributed by atoms with Gasteiger partial charge < -0.3 is 4.74 Å². The number of halogens is 1. The number of hydrogen-bond donors (Lipinski definition) is 0. The van der Waals surface area contributed by atoms with Crippen molar-refractivity contribution >= 4 is 15.9 Å². The van der Waals surface area contributed by atoms with Crippen molar-refractivity contribution < 1.29 is 4.74 Å². The van der Waals surface area contributed by atoms with E-state index >= 15 is 0 Å². The molecule has 2 heteroatoms. The van der Waals surface area contributed by atoms with Gasteiger partial charge in [0, 0.05) is 11.2 Å². The summed E-state index contributed by atoms with van der Waals surface area (Å²) in [6, 6.07) is 10.6. The lowest BCUT2D eigenvalue weighted by atomic mass is 9.95. The molecule has 1 unspecified atom stereocenters. The Bertz CT molecular complexity index is 282. The summed E-state index contributed by atoms with van der Waals surface area (Å²) in [5.41, 5.74) is 1.37. The molecule has 0 N–H and O–H groups in total. The second-order valence-corrected chi connectivity index (χ2v) is 4.80. The molecule has 0 amide bonds. The minimum Gasteiger partial charge on any atom is -0.378 e. The van der Waals surface area contributed by atoms with Crippen molar-refractivity contribution in [3.8, 4) is 0 Å². The Morgan fingerprint density at radius 1 is 1.27 bits per heavy atom. The highest BCUT2D eigenvalue weighted by atomic mass is 79.9. The van der Waals surface area contributed by atoms with Gasteiger partial charge in [-0.15, -0.1) is 0 Å². The molecule has 82 valence electrons. The van der Waals surface area contributed by atoms with E-state index in [1.807, 2.05) is 0 Å². The van der Waals surface area contributed by atoms with Crippen LogP contribution in [0, 0.1) is 0 Å². The zero-order valence-electron chi connectivity index (χ0n) is 8.86. The van der Waals surface area contributed by atoms with Crippen LogP contribution in [0.3, 0.4) is 0 Å². The molecule has 0 saturated heterocycles. The van der Waals surface area contributed by atoms with Crippen molar-refractivity contribution in [2.75, 3.05) is 11.9 Å². The first-order valence-electron chi connectivity index (χ1n) is 5.62. The Morgan fingerprint density at radius 3 is 2.53 bits per heavy atom. The molecule has 1 fully saturated rings. The summed E-state index contributed by atoms with van der Waals surface area (Å²) in [7, 11) is 0. The summed E-state index contributed by atoms with van der Waals surface area (Å²) in [6.45, 7) is 0.847. The normalized spacial score (nSPS) is 18.5. The minimum absolute atomic E-state index is 0.492. The van der Waals surface area contributed by atoms with Gasteiger partial charge in [0.25, 0.3) is 0 Å². The van der Waals surface area contributed by atoms with Crippen LogP contribution in [0.4, 0.5) is 0 Å². The maximum atomic E-state index is 5.86. The average Bonchev–Trinajstić information content (AvgIpc) is 2.23. The topological polar surface area (TPSA) is 9.23 Å². The van der Waals surface area contributed by atoms with Gasteiger partial charge in [0.15, 0.2) is 0 Å². The van der Waals surface area contributed by atoms with Gasteiger partial charge in [-0.1, -0.05) is 46.3 Å². The van der Waals surface area contributed by atoms with Crippen molar-refractivity contribution in [1.29, 1.82) is 0 Å². The molecule has 15 heavy (non-hydrogen) atoms. The summed E-state index contributed by atoms with van der Waals surface area (Å²) in [5, 5.41) is 0.976. The summed E-state index contributed by atoms with van der Waals surface area (Å²) in [4.78, 5) is 0. The monoisotopic (exact) mass is 268 g/mol. The molecule has 0 aromatic heterocycles. The Kier molecular flexibility index (Phi) is 4.21. The Hall–Kier alpha value is -0.340. The highest BCUT2D eigenvalue weighted by molar-refractivity contribution is 9.09. The minimum atomic E-state index is 0.492.